The van der Waals surface area contributed by atoms with Gasteiger partial charge in [0.25, 0.3) is 11.8 Å². The minimum atomic E-state index is -0.527. The molecule has 2 amide bonds. The van der Waals surface area contributed by atoms with Gasteiger partial charge in [0.05, 0.1) is 5.02 Å². The number of hydrogen-bond donors (Lipinski definition) is 2. The van der Waals surface area contributed by atoms with E-state index in [-0.39, 0.29) is 22.1 Å². The number of amides is 2. The predicted molar refractivity (Wildman–Crippen MR) is 146 cm³/mol. The van der Waals surface area contributed by atoms with Crippen molar-refractivity contribution < 1.29 is 18.8 Å². The van der Waals surface area contributed by atoms with E-state index in [1.807, 2.05) is 17.5 Å². The van der Waals surface area contributed by atoms with Gasteiger partial charge in [-0.15, -0.1) is 11.3 Å². The van der Waals surface area contributed by atoms with Crippen molar-refractivity contribution in [1.29, 1.82) is 0 Å². The molecule has 0 spiro atoms. The summed E-state index contributed by atoms with van der Waals surface area (Å²) in [5.74, 6) is -1.82. The van der Waals surface area contributed by atoms with Crippen LogP contribution in [0.25, 0.3) is 12.2 Å². The van der Waals surface area contributed by atoms with Gasteiger partial charge in [0, 0.05) is 27.3 Å². The molecule has 5 nitrogen and oxygen atoms in total. The summed E-state index contributed by atoms with van der Waals surface area (Å²) in [6.07, 6.45) is 4.16. The fourth-order valence-corrected chi connectivity index (χ4v) is 4.18. The number of benzene rings is 3. The van der Waals surface area contributed by atoms with Crippen LogP contribution in [0, 0.1) is 5.82 Å². The second-order valence-corrected chi connectivity index (χ2v) is 9.14. The lowest BCUT2D eigenvalue weighted by Crippen LogP contribution is -2.30. The summed E-state index contributed by atoms with van der Waals surface area (Å²) in [6, 6.07) is 22.7. The highest BCUT2D eigenvalue weighted by molar-refractivity contribution is 7.10. The molecule has 0 atom stereocenters. The van der Waals surface area contributed by atoms with Crippen LogP contribution < -0.4 is 10.6 Å². The maximum Gasteiger partial charge on any atom is 0.272 e. The van der Waals surface area contributed by atoms with E-state index in [1.165, 1.54) is 53.8 Å². The minimum Gasteiger partial charge on any atom is -0.321 e. The monoisotopic (exact) mass is 530 g/mol. The third-order valence-electron chi connectivity index (χ3n) is 5.19. The van der Waals surface area contributed by atoms with Crippen LogP contribution in [0.1, 0.15) is 31.2 Å². The molecule has 0 unspecified atom stereocenters. The molecule has 2 N–H and O–H groups in total. The Hall–Kier alpha value is -4.33. The number of anilines is 1. The number of hydrogen-bond acceptors (Lipinski definition) is 4. The molecule has 0 saturated carbocycles. The summed E-state index contributed by atoms with van der Waals surface area (Å²) in [5, 5.41) is 7.48. The van der Waals surface area contributed by atoms with E-state index in [0.29, 0.717) is 16.8 Å². The zero-order valence-corrected chi connectivity index (χ0v) is 20.9. The van der Waals surface area contributed by atoms with Crippen LogP contribution in [-0.2, 0) is 4.79 Å². The van der Waals surface area contributed by atoms with Crippen molar-refractivity contribution in [1.82, 2.24) is 5.32 Å². The first kappa shape index (κ1) is 25.8. The summed E-state index contributed by atoms with van der Waals surface area (Å²) in [4.78, 5) is 39.0. The molecular weight excluding hydrogens is 511 g/mol. The van der Waals surface area contributed by atoms with Crippen molar-refractivity contribution in [2.45, 2.75) is 0 Å². The van der Waals surface area contributed by atoms with E-state index in [0.717, 1.165) is 4.88 Å². The summed E-state index contributed by atoms with van der Waals surface area (Å²) in [7, 11) is 0. The van der Waals surface area contributed by atoms with Gasteiger partial charge in [-0.05, 0) is 78.2 Å². The molecule has 4 rings (SSSR count). The Morgan fingerprint density at radius 1 is 0.838 bits per heavy atom. The van der Waals surface area contributed by atoms with Crippen molar-refractivity contribution >= 4 is 58.4 Å². The lowest BCUT2D eigenvalue weighted by Gasteiger charge is -2.11. The maximum atomic E-state index is 13.9. The van der Waals surface area contributed by atoms with Crippen molar-refractivity contribution in [2.75, 3.05) is 5.32 Å². The molecule has 0 aliphatic rings. The van der Waals surface area contributed by atoms with Crippen LogP contribution in [0.5, 0.6) is 0 Å². The number of rotatable bonds is 8. The van der Waals surface area contributed by atoms with Gasteiger partial charge < -0.3 is 10.6 Å². The average Bonchev–Trinajstić information content (AvgIpc) is 3.42. The topological polar surface area (TPSA) is 75.3 Å². The van der Waals surface area contributed by atoms with E-state index in [1.54, 1.807) is 48.5 Å². The quantitative estimate of drug-likeness (QED) is 0.193. The smallest absolute Gasteiger partial charge is 0.272 e. The maximum absolute atomic E-state index is 13.9. The molecule has 0 radical (unpaired) electrons. The van der Waals surface area contributed by atoms with Crippen LogP contribution in [0.3, 0.4) is 0 Å². The second-order valence-electron chi connectivity index (χ2n) is 7.76. The summed E-state index contributed by atoms with van der Waals surface area (Å²) in [5.41, 5.74) is 1.38. The SMILES string of the molecule is O=C(Nc1ccc(C(=O)/C=C/c2c(F)cccc2Cl)cc1)/C(=C/c1cccs1)NC(=O)c1ccccc1. The third-order valence-corrected chi connectivity index (χ3v) is 6.34. The second kappa shape index (κ2) is 12.1. The van der Waals surface area contributed by atoms with Gasteiger partial charge in [-0.2, -0.15) is 0 Å². The van der Waals surface area contributed by atoms with Gasteiger partial charge in [0.1, 0.15) is 11.5 Å². The van der Waals surface area contributed by atoms with Gasteiger partial charge in [0.2, 0.25) is 0 Å². The molecule has 0 fully saturated rings. The van der Waals surface area contributed by atoms with Crippen LogP contribution in [-0.4, -0.2) is 17.6 Å². The molecule has 1 heterocycles. The highest BCUT2D eigenvalue weighted by atomic mass is 35.5. The Kier molecular flexibility index (Phi) is 8.40. The van der Waals surface area contributed by atoms with Crippen LogP contribution in [0.15, 0.2) is 102 Å². The van der Waals surface area contributed by atoms with Crippen molar-refractivity contribution in [3.63, 3.8) is 0 Å². The molecule has 4 aromatic rings. The van der Waals surface area contributed by atoms with Gasteiger partial charge in [-0.1, -0.05) is 41.9 Å². The molecule has 0 aliphatic carbocycles. The molecule has 0 bridgehead atoms. The zero-order chi connectivity index (χ0) is 26.2. The Morgan fingerprint density at radius 2 is 1.59 bits per heavy atom. The van der Waals surface area contributed by atoms with Crippen LogP contribution >= 0.6 is 22.9 Å². The fraction of sp³-hybridized carbons (Fsp3) is 0. The normalized spacial score (nSPS) is 11.4. The Labute approximate surface area is 221 Å². The van der Waals surface area contributed by atoms with Crippen molar-refractivity contribution in [3.05, 3.63) is 134 Å². The summed E-state index contributed by atoms with van der Waals surface area (Å²) < 4.78 is 13.9. The molecule has 1 aromatic heterocycles. The number of ketones is 1. The van der Waals surface area contributed by atoms with Gasteiger partial charge in [-0.3, -0.25) is 14.4 Å². The van der Waals surface area contributed by atoms with Crippen molar-refractivity contribution in [3.8, 4) is 0 Å². The van der Waals surface area contributed by atoms with Crippen LogP contribution in [0.4, 0.5) is 10.1 Å². The first-order chi connectivity index (χ1) is 17.9. The number of allylic oxidation sites excluding steroid dienone is 1. The number of carbonyl (C=O) groups is 3. The fourth-order valence-electron chi connectivity index (χ4n) is 3.30. The largest absolute Gasteiger partial charge is 0.321 e. The highest BCUT2D eigenvalue weighted by Crippen LogP contribution is 2.21. The molecule has 8 heteroatoms. The summed E-state index contributed by atoms with van der Waals surface area (Å²) in [6.45, 7) is 0. The van der Waals surface area contributed by atoms with E-state index in [4.69, 9.17) is 11.6 Å². The predicted octanol–water partition coefficient (Wildman–Crippen LogP) is 6.85. The van der Waals surface area contributed by atoms with E-state index in [2.05, 4.69) is 10.6 Å². The van der Waals surface area contributed by atoms with Crippen molar-refractivity contribution in [2.24, 2.45) is 0 Å². The molecule has 0 aliphatic heterocycles. The minimum absolute atomic E-state index is 0.0705. The molecular formula is C29H20ClFN2O3S. The Balaban J connectivity index is 1.47. The Morgan fingerprint density at radius 3 is 2.27 bits per heavy atom. The lowest BCUT2D eigenvalue weighted by molar-refractivity contribution is -0.113. The Bertz CT molecular complexity index is 1460. The molecule has 3 aromatic carbocycles. The number of halogens is 2. The molecule has 37 heavy (non-hydrogen) atoms. The molecule has 184 valence electrons. The molecule has 0 saturated heterocycles. The highest BCUT2D eigenvalue weighted by Gasteiger charge is 2.15. The zero-order valence-electron chi connectivity index (χ0n) is 19.3. The average molecular weight is 531 g/mol. The first-order valence-electron chi connectivity index (χ1n) is 11.1. The van der Waals surface area contributed by atoms with Gasteiger partial charge in [0.15, 0.2) is 5.78 Å². The van der Waals surface area contributed by atoms with E-state index in [9.17, 15) is 18.8 Å². The lowest BCUT2D eigenvalue weighted by atomic mass is 10.1. The number of nitrogens with one attached hydrogen (secondary N) is 2. The van der Waals surface area contributed by atoms with E-state index >= 15 is 0 Å². The van der Waals surface area contributed by atoms with E-state index < -0.39 is 17.6 Å². The number of carbonyl (C=O) groups excluding carboxylic acids is 3. The number of thiophene rings is 1. The third kappa shape index (κ3) is 6.88. The standard InChI is InChI=1S/C29H20ClFN2O3S/c30-24-9-4-10-25(31)23(24)15-16-27(34)19-11-13-21(14-12-19)32-29(36)26(18-22-8-5-17-37-22)33-28(35)20-6-2-1-3-7-20/h1-18H,(H,32,36)(H,33,35)/b16-15+,26-18-. The van der Waals surface area contributed by atoms with Gasteiger partial charge in [-0.25, -0.2) is 4.39 Å². The first-order valence-corrected chi connectivity index (χ1v) is 12.4. The summed E-state index contributed by atoms with van der Waals surface area (Å²) >= 11 is 7.42. The van der Waals surface area contributed by atoms with Crippen LogP contribution in [0.2, 0.25) is 5.02 Å². The van der Waals surface area contributed by atoms with Gasteiger partial charge >= 0.3 is 0 Å².